The van der Waals surface area contributed by atoms with E-state index in [4.69, 9.17) is 27.9 Å². The van der Waals surface area contributed by atoms with Crippen LogP contribution in [0.2, 0.25) is 10.0 Å². The first-order chi connectivity index (χ1) is 16.0. The highest BCUT2D eigenvalue weighted by Crippen LogP contribution is 2.33. The zero-order chi connectivity index (χ0) is 25.5. The molecule has 11 heteroatoms. The van der Waals surface area contributed by atoms with E-state index >= 15 is 0 Å². The molecule has 34 heavy (non-hydrogen) atoms. The lowest BCUT2D eigenvalue weighted by Gasteiger charge is -2.32. The van der Waals surface area contributed by atoms with E-state index in [9.17, 15) is 18.0 Å². The van der Waals surface area contributed by atoms with Gasteiger partial charge in [0.2, 0.25) is 21.8 Å². The summed E-state index contributed by atoms with van der Waals surface area (Å²) < 4.78 is 31.6. The van der Waals surface area contributed by atoms with Gasteiger partial charge in [0.25, 0.3) is 0 Å². The topological polar surface area (TPSA) is 96.0 Å². The van der Waals surface area contributed by atoms with Crippen molar-refractivity contribution in [3.63, 3.8) is 0 Å². The molecule has 0 saturated heterocycles. The van der Waals surface area contributed by atoms with E-state index in [1.54, 1.807) is 37.3 Å². The summed E-state index contributed by atoms with van der Waals surface area (Å²) in [4.78, 5) is 27.5. The third-order valence-electron chi connectivity index (χ3n) is 5.05. The second-order valence-corrected chi connectivity index (χ2v) is 10.5. The quantitative estimate of drug-likeness (QED) is 0.478. The second kappa shape index (κ2) is 12.3. The van der Waals surface area contributed by atoms with Crippen LogP contribution in [0.3, 0.4) is 0 Å². The minimum atomic E-state index is -3.91. The molecule has 2 aromatic rings. The number of halogens is 2. The molecule has 1 N–H and O–H groups in total. The van der Waals surface area contributed by atoms with Crippen molar-refractivity contribution in [2.45, 2.75) is 32.9 Å². The maximum absolute atomic E-state index is 13.5. The standard InChI is InChI=1S/C23H29Cl2N3O5S/c1-5-11-26-23(30)16(2)27(14-17-7-6-8-18(24)12-17)22(29)15-28(34(4,31)32)20-13-19(25)9-10-21(20)33-3/h6-10,12-13,16H,5,11,14-15H2,1-4H3,(H,26,30)/t16-/m1/s1. The fourth-order valence-corrected chi connectivity index (χ4v) is 4.49. The Morgan fingerprint density at radius 1 is 1.12 bits per heavy atom. The summed E-state index contributed by atoms with van der Waals surface area (Å²) in [7, 11) is -2.52. The number of hydrogen-bond donors (Lipinski definition) is 1. The minimum Gasteiger partial charge on any atom is -0.495 e. The van der Waals surface area contributed by atoms with Crippen LogP contribution >= 0.6 is 23.2 Å². The third kappa shape index (κ3) is 7.51. The van der Waals surface area contributed by atoms with Crippen LogP contribution in [0.5, 0.6) is 5.75 Å². The smallest absolute Gasteiger partial charge is 0.244 e. The van der Waals surface area contributed by atoms with Crippen molar-refractivity contribution in [3.05, 3.63) is 58.1 Å². The van der Waals surface area contributed by atoms with Crippen molar-refractivity contribution in [2.75, 3.05) is 30.8 Å². The van der Waals surface area contributed by atoms with Gasteiger partial charge in [-0.15, -0.1) is 0 Å². The van der Waals surface area contributed by atoms with Gasteiger partial charge in [-0.1, -0.05) is 42.3 Å². The Morgan fingerprint density at radius 3 is 2.38 bits per heavy atom. The molecule has 186 valence electrons. The van der Waals surface area contributed by atoms with Gasteiger partial charge in [-0.2, -0.15) is 0 Å². The number of nitrogens with one attached hydrogen (secondary N) is 1. The van der Waals surface area contributed by atoms with E-state index in [1.807, 2.05) is 6.92 Å². The molecule has 0 aliphatic rings. The summed E-state index contributed by atoms with van der Waals surface area (Å²) in [6.45, 7) is 3.48. The molecule has 0 spiro atoms. The van der Waals surface area contributed by atoms with E-state index in [0.29, 0.717) is 17.1 Å². The molecule has 0 radical (unpaired) electrons. The Morgan fingerprint density at radius 2 is 1.79 bits per heavy atom. The summed E-state index contributed by atoms with van der Waals surface area (Å²) in [6, 6.07) is 10.5. The van der Waals surface area contributed by atoms with Gasteiger partial charge in [0.05, 0.1) is 19.1 Å². The number of amides is 2. The number of nitrogens with zero attached hydrogens (tertiary/aromatic N) is 2. The average Bonchev–Trinajstić information content (AvgIpc) is 2.78. The van der Waals surface area contributed by atoms with Gasteiger partial charge >= 0.3 is 0 Å². The summed E-state index contributed by atoms with van der Waals surface area (Å²) in [5.41, 5.74) is 0.818. The molecular formula is C23H29Cl2N3O5S. The lowest BCUT2D eigenvalue weighted by molar-refractivity contribution is -0.139. The van der Waals surface area contributed by atoms with Crippen LogP contribution in [0.25, 0.3) is 0 Å². The Bertz CT molecular complexity index is 1130. The molecule has 2 amide bonds. The number of sulfonamides is 1. The summed E-state index contributed by atoms with van der Waals surface area (Å²) in [5, 5.41) is 3.54. The lowest BCUT2D eigenvalue weighted by Crippen LogP contribution is -2.51. The zero-order valence-electron chi connectivity index (χ0n) is 19.5. The van der Waals surface area contributed by atoms with Gasteiger partial charge in [-0.3, -0.25) is 13.9 Å². The molecule has 2 aromatic carbocycles. The monoisotopic (exact) mass is 529 g/mol. The fraction of sp³-hybridized carbons (Fsp3) is 0.391. The van der Waals surface area contributed by atoms with E-state index in [-0.39, 0.29) is 28.9 Å². The maximum atomic E-state index is 13.5. The molecule has 0 unspecified atom stereocenters. The molecule has 0 bridgehead atoms. The molecule has 0 aliphatic carbocycles. The largest absolute Gasteiger partial charge is 0.495 e. The van der Waals surface area contributed by atoms with Crippen molar-refractivity contribution < 1.29 is 22.7 Å². The molecular weight excluding hydrogens is 501 g/mol. The van der Waals surface area contributed by atoms with E-state index in [0.717, 1.165) is 17.0 Å². The van der Waals surface area contributed by atoms with Crippen LogP contribution in [0.15, 0.2) is 42.5 Å². The number of rotatable bonds is 11. The van der Waals surface area contributed by atoms with E-state index < -0.39 is 28.5 Å². The van der Waals surface area contributed by atoms with E-state index in [2.05, 4.69) is 5.32 Å². The molecule has 0 fully saturated rings. The Labute approximate surface area is 210 Å². The molecule has 0 saturated carbocycles. The molecule has 0 aromatic heterocycles. The second-order valence-electron chi connectivity index (χ2n) is 7.70. The molecule has 0 heterocycles. The Hall–Kier alpha value is -2.49. The first-order valence-corrected chi connectivity index (χ1v) is 13.2. The third-order valence-corrected chi connectivity index (χ3v) is 6.64. The number of ether oxygens (including phenoxy) is 1. The molecule has 2 rings (SSSR count). The van der Waals surface area contributed by atoms with Gasteiger partial charge in [0, 0.05) is 23.1 Å². The SMILES string of the molecule is CCCNC(=O)[C@@H](C)N(Cc1cccc(Cl)c1)C(=O)CN(c1cc(Cl)ccc1OC)S(C)(=O)=O. The lowest BCUT2D eigenvalue weighted by atomic mass is 10.1. The highest BCUT2D eigenvalue weighted by molar-refractivity contribution is 7.92. The summed E-state index contributed by atoms with van der Waals surface area (Å²) >= 11 is 12.2. The van der Waals surface area contributed by atoms with Gasteiger partial charge in [0.15, 0.2) is 0 Å². The number of carbonyl (C=O) groups excluding carboxylic acids is 2. The molecule has 1 atom stereocenters. The Kier molecular flexibility index (Phi) is 10.0. The van der Waals surface area contributed by atoms with Crippen molar-refractivity contribution >= 4 is 50.7 Å². The van der Waals surface area contributed by atoms with Crippen LogP contribution < -0.4 is 14.4 Å². The fourth-order valence-electron chi connectivity index (χ4n) is 3.26. The number of benzene rings is 2. The maximum Gasteiger partial charge on any atom is 0.244 e. The number of hydrogen-bond acceptors (Lipinski definition) is 5. The highest BCUT2D eigenvalue weighted by atomic mass is 35.5. The summed E-state index contributed by atoms with van der Waals surface area (Å²) in [6.07, 6.45) is 1.72. The first-order valence-electron chi connectivity index (χ1n) is 10.6. The minimum absolute atomic E-state index is 0.0599. The van der Waals surface area contributed by atoms with E-state index in [1.165, 1.54) is 24.1 Å². The normalized spacial score (nSPS) is 12.1. The van der Waals surface area contributed by atoms with Gasteiger partial charge < -0.3 is 15.0 Å². The van der Waals surface area contributed by atoms with Gasteiger partial charge in [-0.25, -0.2) is 8.42 Å². The zero-order valence-corrected chi connectivity index (χ0v) is 21.9. The van der Waals surface area contributed by atoms with Crippen molar-refractivity contribution in [2.24, 2.45) is 0 Å². The average molecular weight is 530 g/mol. The molecule has 8 nitrogen and oxygen atoms in total. The van der Waals surface area contributed by atoms with Gasteiger partial charge in [0.1, 0.15) is 18.3 Å². The van der Waals surface area contributed by atoms with Crippen molar-refractivity contribution in [3.8, 4) is 5.75 Å². The number of anilines is 1. The number of carbonyl (C=O) groups is 2. The number of methoxy groups -OCH3 is 1. The highest BCUT2D eigenvalue weighted by Gasteiger charge is 2.31. The van der Waals surface area contributed by atoms with Crippen LogP contribution in [0.4, 0.5) is 5.69 Å². The van der Waals surface area contributed by atoms with Gasteiger partial charge in [-0.05, 0) is 49.2 Å². The Balaban J connectivity index is 2.45. The van der Waals surface area contributed by atoms with Crippen molar-refractivity contribution in [1.29, 1.82) is 0 Å². The first kappa shape index (κ1) is 27.8. The van der Waals surface area contributed by atoms with Crippen LogP contribution in [0.1, 0.15) is 25.8 Å². The summed E-state index contributed by atoms with van der Waals surface area (Å²) in [5.74, 6) is -0.687. The van der Waals surface area contributed by atoms with Crippen LogP contribution in [0, 0.1) is 0 Å². The molecule has 0 aliphatic heterocycles. The predicted molar refractivity (Wildman–Crippen MR) is 135 cm³/mol. The van der Waals surface area contributed by atoms with Crippen molar-refractivity contribution in [1.82, 2.24) is 10.2 Å². The van der Waals surface area contributed by atoms with Crippen LogP contribution in [-0.4, -0.2) is 57.6 Å². The van der Waals surface area contributed by atoms with Crippen LogP contribution in [-0.2, 0) is 26.2 Å². The predicted octanol–water partition coefficient (Wildman–Crippen LogP) is 3.71.